The van der Waals surface area contributed by atoms with Gasteiger partial charge in [-0.2, -0.15) is 0 Å². The summed E-state index contributed by atoms with van der Waals surface area (Å²) in [6, 6.07) is 13.8. The summed E-state index contributed by atoms with van der Waals surface area (Å²) < 4.78 is 17.8. The number of nitrogens with two attached hydrogens (primary N) is 1. The van der Waals surface area contributed by atoms with Crippen molar-refractivity contribution >= 4 is 34.8 Å². The van der Waals surface area contributed by atoms with Gasteiger partial charge in [-0.05, 0) is 81.0 Å². The number of alkyl carbamates (subject to hydrolysis) is 1. The predicted molar refractivity (Wildman–Crippen MR) is 200 cm³/mol. The van der Waals surface area contributed by atoms with Gasteiger partial charge in [-0.15, -0.1) is 0 Å². The van der Waals surface area contributed by atoms with Crippen molar-refractivity contribution in [2.24, 2.45) is 17.6 Å². The van der Waals surface area contributed by atoms with E-state index in [0.717, 1.165) is 50.5 Å². The Hall–Kier alpha value is -4.29. The number of Topliss-reactive ketones (excluding diaryl/α,β-unsaturated/α-hetero) is 1. The van der Waals surface area contributed by atoms with E-state index in [2.05, 4.69) is 15.6 Å². The number of oxazole rings is 1. The van der Waals surface area contributed by atoms with Crippen LogP contribution in [0.1, 0.15) is 106 Å². The summed E-state index contributed by atoms with van der Waals surface area (Å²) in [5.41, 5.74) is 7.65. The molecule has 1 saturated heterocycles. The lowest BCUT2D eigenvalue weighted by molar-refractivity contribution is -0.141. The van der Waals surface area contributed by atoms with Crippen LogP contribution in [0.5, 0.6) is 0 Å². The van der Waals surface area contributed by atoms with E-state index in [4.69, 9.17) is 19.6 Å². The quantitative estimate of drug-likeness (QED) is 0.117. The van der Waals surface area contributed by atoms with Crippen molar-refractivity contribution in [1.29, 1.82) is 0 Å². The molecule has 3 aromatic rings. The van der Waals surface area contributed by atoms with Gasteiger partial charge in [-0.3, -0.25) is 14.4 Å². The Balaban J connectivity index is 1.21. The standard InChI is InChI=1S/C41H55N5O7/c42-23-13-12-21-33(37(47)39-44-32-20-10-11-22-35(32)53-39)43-38(48)34-24-31(51-26-28-14-4-1-5-15-28)25-46(34)40(49)36(30-18-8-3-9-19-30)45-41(50)52-27-29-16-6-2-7-17-29/h2,6-7,10-11,16-17,20,22,28,30-31,33-34,36H,1,3-5,8-9,12-15,18-19,21,23-27,42H2,(H,43,48)(H,45,50)/t31-,33+,34+,36-/m1/s1. The molecule has 3 amide bonds. The van der Waals surface area contributed by atoms with E-state index in [-0.39, 0.29) is 43.4 Å². The molecule has 3 aliphatic rings. The Morgan fingerprint density at radius 1 is 0.887 bits per heavy atom. The molecule has 1 aromatic heterocycles. The molecule has 12 nitrogen and oxygen atoms in total. The first-order chi connectivity index (χ1) is 25.9. The maximum Gasteiger partial charge on any atom is 0.408 e. The zero-order chi connectivity index (χ0) is 37.0. The third-order valence-corrected chi connectivity index (χ3v) is 11.1. The molecule has 2 saturated carbocycles. The third kappa shape index (κ3) is 10.4. The number of unbranched alkanes of at least 4 members (excludes halogenated alkanes) is 1. The van der Waals surface area contributed by atoms with Crippen molar-refractivity contribution in [1.82, 2.24) is 20.5 Å². The van der Waals surface area contributed by atoms with E-state index in [0.29, 0.717) is 49.4 Å². The lowest BCUT2D eigenvalue weighted by Gasteiger charge is -2.34. The number of fused-ring (bicyclic) bond motifs is 1. The number of likely N-dealkylation sites (tertiary alicyclic amines) is 1. The summed E-state index contributed by atoms with van der Waals surface area (Å²) in [5.74, 6) is -0.932. The highest BCUT2D eigenvalue weighted by Crippen LogP contribution is 2.31. The number of aromatic nitrogens is 1. The lowest BCUT2D eigenvalue weighted by Crippen LogP contribution is -2.57. The first-order valence-corrected chi connectivity index (χ1v) is 19.7. The molecule has 0 bridgehead atoms. The number of hydrogen-bond donors (Lipinski definition) is 3. The summed E-state index contributed by atoms with van der Waals surface area (Å²) in [7, 11) is 0. The van der Waals surface area contributed by atoms with E-state index >= 15 is 0 Å². The van der Waals surface area contributed by atoms with Crippen molar-refractivity contribution in [3.8, 4) is 0 Å². The molecule has 6 rings (SSSR count). The van der Waals surface area contributed by atoms with Gasteiger partial charge in [0.15, 0.2) is 5.58 Å². The van der Waals surface area contributed by atoms with Crippen molar-refractivity contribution in [3.05, 3.63) is 66.1 Å². The molecule has 53 heavy (non-hydrogen) atoms. The Bertz CT molecular complexity index is 1620. The Kier molecular flexibility index (Phi) is 13.9. The van der Waals surface area contributed by atoms with Crippen LogP contribution in [0.15, 0.2) is 59.0 Å². The number of para-hydroxylation sites is 2. The van der Waals surface area contributed by atoms with Gasteiger partial charge >= 0.3 is 6.09 Å². The summed E-state index contributed by atoms with van der Waals surface area (Å²) in [6.45, 7) is 1.31. The second-order valence-corrected chi connectivity index (χ2v) is 15.0. The molecule has 0 spiro atoms. The molecule has 0 unspecified atom stereocenters. The van der Waals surface area contributed by atoms with Gasteiger partial charge < -0.3 is 35.2 Å². The minimum Gasteiger partial charge on any atom is -0.445 e. The molecule has 3 fully saturated rings. The smallest absolute Gasteiger partial charge is 0.408 e. The minimum absolute atomic E-state index is 0.0732. The molecular formula is C41H55N5O7. The number of carbonyl (C=O) groups is 4. The fraction of sp³-hybridized carbons (Fsp3) is 0.585. The Morgan fingerprint density at radius 2 is 1.60 bits per heavy atom. The van der Waals surface area contributed by atoms with Gasteiger partial charge in [0.1, 0.15) is 24.2 Å². The van der Waals surface area contributed by atoms with Gasteiger partial charge in [0.05, 0.1) is 12.1 Å². The minimum atomic E-state index is -0.929. The number of hydrogen-bond acceptors (Lipinski definition) is 9. The number of nitrogens with zero attached hydrogens (tertiary/aromatic N) is 2. The normalized spacial score (nSPS) is 20.9. The molecule has 0 radical (unpaired) electrons. The molecule has 4 N–H and O–H groups in total. The zero-order valence-electron chi connectivity index (χ0n) is 30.7. The Labute approximate surface area is 311 Å². The van der Waals surface area contributed by atoms with E-state index < -0.39 is 35.9 Å². The number of ketones is 1. The van der Waals surface area contributed by atoms with Crippen LogP contribution in [-0.4, -0.2) is 77.5 Å². The lowest BCUT2D eigenvalue weighted by atomic mass is 9.83. The molecule has 2 aliphatic carbocycles. The van der Waals surface area contributed by atoms with Crippen molar-refractivity contribution in [3.63, 3.8) is 0 Å². The SMILES string of the molecule is NCCCC[C@H](NC(=O)[C@@H]1C[C@@H](OCC2CCCCC2)CN1C(=O)[C@H](NC(=O)OCc1ccccc1)C1CCCCC1)C(=O)c1nc2ccccc2o1. The van der Waals surface area contributed by atoms with Gasteiger partial charge in [-0.25, -0.2) is 9.78 Å². The van der Waals surface area contributed by atoms with Crippen LogP contribution in [0.25, 0.3) is 11.1 Å². The first-order valence-electron chi connectivity index (χ1n) is 19.7. The van der Waals surface area contributed by atoms with Crippen LogP contribution in [0.2, 0.25) is 0 Å². The average molecular weight is 730 g/mol. The second kappa shape index (κ2) is 19.2. The van der Waals surface area contributed by atoms with Crippen LogP contribution in [-0.2, 0) is 25.7 Å². The number of ether oxygens (including phenoxy) is 2. The number of nitrogens with one attached hydrogen (secondary N) is 2. The monoisotopic (exact) mass is 729 g/mol. The Morgan fingerprint density at radius 3 is 2.34 bits per heavy atom. The maximum absolute atomic E-state index is 14.7. The van der Waals surface area contributed by atoms with E-state index in [1.165, 1.54) is 19.3 Å². The van der Waals surface area contributed by atoms with Crippen molar-refractivity contribution < 1.29 is 33.1 Å². The topological polar surface area (TPSA) is 166 Å². The molecule has 2 aromatic carbocycles. The summed E-state index contributed by atoms with van der Waals surface area (Å²) in [6.07, 6.45) is 11.2. The predicted octanol–water partition coefficient (Wildman–Crippen LogP) is 6.07. The highest BCUT2D eigenvalue weighted by atomic mass is 16.5. The number of amides is 3. The fourth-order valence-corrected chi connectivity index (χ4v) is 8.11. The van der Waals surface area contributed by atoms with E-state index in [1.807, 2.05) is 36.4 Å². The molecule has 1 aliphatic heterocycles. The number of carbonyl (C=O) groups excluding carboxylic acids is 4. The molecule has 12 heteroatoms. The average Bonchev–Trinajstić information content (AvgIpc) is 3.84. The largest absolute Gasteiger partial charge is 0.445 e. The molecule has 2 heterocycles. The summed E-state index contributed by atoms with van der Waals surface area (Å²) in [4.78, 5) is 62.1. The third-order valence-electron chi connectivity index (χ3n) is 11.1. The van der Waals surface area contributed by atoms with Crippen LogP contribution in [0.3, 0.4) is 0 Å². The number of benzene rings is 2. The molecular weight excluding hydrogens is 674 g/mol. The molecule has 4 atom stereocenters. The van der Waals surface area contributed by atoms with Gasteiger partial charge in [0.2, 0.25) is 17.6 Å². The number of rotatable bonds is 16. The fourth-order valence-electron chi connectivity index (χ4n) is 8.11. The zero-order valence-corrected chi connectivity index (χ0v) is 30.7. The van der Waals surface area contributed by atoms with Crippen LogP contribution in [0.4, 0.5) is 4.79 Å². The highest BCUT2D eigenvalue weighted by molar-refractivity contribution is 6.01. The van der Waals surface area contributed by atoms with Crippen LogP contribution < -0.4 is 16.4 Å². The van der Waals surface area contributed by atoms with E-state index in [1.54, 1.807) is 23.1 Å². The van der Waals surface area contributed by atoms with Crippen LogP contribution in [0, 0.1) is 11.8 Å². The highest BCUT2D eigenvalue weighted by Gasteiger charge is 2.45. The maximum atomic E-state index is 14.7. The van der Waals surface area contributed by atoms with Crippen LogP contribution >= 0.6 is 0 Å². The van der Waals surface area contributed by atoms with Crippen molar-refractivity contribution in [2.45, 2.75) is 121 Å². The summed E-state index contributed by atoms with van der Waals surface area (Å²) in [5, 5.41) is 5.89. The van der Waals surface area contributed by atoms with Crippen molar-refractivity contribution in [2.75, 3.05) is 19.7 Å². The van der Waals surface area contributed by atoms with E-state index in [9.17, 15) is 19.2 Å². The first kappa shape index (κ1) is 38.4. The summed E-state index contributed by atoms with van der Waals surface area (Å²) >= 11 is 0. The molecule has 286 valence electrons. The van der Waals surface area contributed by atoms with Gasteiger partial charge in [0.25, 0.3) is 5.89 Å². The van der Waals surface area contributed by atoms with Gasteiger partial charge in [-0.1, -0.05) is 81.0 Å². The second-order valence-electron chi connectivity index (χ2n) is 15.0. The van der Waals surface area contributed by atoms with Gasteiger partial charge in [0, 0.05) is 19.6 Å².